The fourth-order valence-electron chi connectivity index (χ4n) is 4.68. The van der Waals surface area contributed by atoms with E-state index in [2.05, 4.69) is 20.6 Å². The Bertz CT molecular complexity index is 1160. The molecule has 1 aliphatic heterocycles. The van der Waals surface area contributed by atoms with Crippen LogP contribution < -0.4 is 20.1 Å². The van der Waals surface area contributed by atoms with Gasteiger partial charge in [0.2, 0.25) is 5.88 Å². The molecule has 0 spiro atoms. The summed E-state index contributed by atoms with van der Waals surface area (Å²) in [5.74, 6) is 0.964. The number of amides is 1. The van der Waals surface area contributed by atoms with Crippen LogP contribution >= 0.6 is 0 Å². The summed E-state index contributed by atoms with van der Waals surface area (Å²) in [5.41, 5.74) is 1.59. The Kier molecular flexibility index (Phi) is 6.10. The van der Waals surface area contributed by atoms with Gasteiger partial charge >= 0.3 is 6.09 Å². The molecule has 1 fully saturated rings. The topological polar surface area (TPSA) is 115 Å². The van der Waals surface area contributed by atoms with Crippen molar-refractivity contribution in [3.05, 3.63) is 54.2 Å². The summed E-state index contributed by atoms with van der Waals surface area (Å²) in [6.45, 7) is 0.350. The molecule has 1 saturated carbocycles. The van der Waals surface area contributed by atoms with Gasteiger partial charge in [0, 0.05) is 18.0 Å². The predicted octanol–water partition coefficient (Wildman–Crippen LogP) is 3.62. The van der Waals surface area contributed by atoms with Gasteiger partial charge in [-0.3, -0.25) is 4.98 Å². The molecule has 1 aromatic carbocycles. The van der Waals surface area contributed by atoms with E-state index in [4.69, 9.17) is 14.2 Å². The summed E-state index contributed by atoms with van der Waals surface area (Å²) in [4.78, 5) is 21.1. The maximum Gasteiger partial charge on any atom is 0.407 e. The van der Waals surface area contributed by atoms with Gasteiger partial charge in [-0.15, -0.1) is 0 Å². The van der Waals surface area contributed by atoms with Crippen LogP contribution in [0.2, 0.25) is 0 Å². The van der Waals surface area contributed by atoms with Gasteiger partial charge in [-0.05, 0) is 37.3 Å². The zero-order valence-corrected chi connectivity index (χ0v) is 19.0. The van der Waals surface area contributed by atoms with Crippen molar-refractivity contribution in [3.63, 3.8) is 0 Å². The van der Waals surface area contributed by atoms with Gasteiger partial charge in [0.1, 0.15) is 24.4 Å². The molecule has 3 heterocycles. The average Bonchev–Trinajstić information content (AvgIpc) is 2.88. The van der Waals surface area contributed by atoms with Crippen LogP contribution in [0, 0.1) is 5.92 Å². The number of ether oxygens (including phenoxy) is 3. The highest BCUT2D eigenvalue weighted by Crippen LogP contribution is 2.42. The van der Waals surface area contributed by atoms with Gasteiger partial charge in [-0.25, -0.2) is 9.78 Å². The van der Waals surface area contributed by atoms with E-state index in [1.165, 1.54) is 0 Å². The third-order valence-electron chi connectivity index (χ3n) is 6.59. The minimum Gasteiger partial charge on any atom is -0.485 e. The second-order valence-electron chi connectivity index (χ2n) is 8.81. The van der Waals surface area contributed by atoms with E-state index in [0.717, 1.165) is 31.2 Å². The fraction of sp³-hybridized carbons (Fsp3) is 0.400. The molecular formula is C25H28N4O5. The number of hydrogen-bond donors (Lipinski definition) is 3. The molecule has 34 heavy (non-hydrogen) atoms. The highest BCUT2D eigenvalue weighted by Gasteiger charge is 2.43. The number of nitrogens with one attached hydrogen (secondary N) is 2. The van der Waals surface area contributed by atoms with Gasteiger partial charge in [0.05, 0.1) is 18.8 Å². The highest BCUT2D eigenvalue weighted by molar-refractivity contribution is 5.91. The monoisotopic (exact) mass is 464 g/mol. The van der Waals surface area contributed by atoms with Crippen LogP contribution in [-0.4, -0.2) is 46.7 Å². The lowest BCUT2D eigenvalue weighted by atomic mass is 9.79. The number of nitrogens with zero attached hydrogens (tertiary/aromatic N) is 2. The number of methoxy groups -OCH3 is 1. The number of anilines is 1. The minimum atomic E-state index is -1.25. The number of carbonyl (C=O) groups excluding carboxylic acids is 1. The quantitative estimate of drug-likeness (QED) is 0.525. The number of hydrogen-bond acceptors (Lipinski definition) is 8. The molecule has 3 N–H and O–H groups in total. The predicted molar refractivity (Wildman–Crippen MR) is 126 cm³/mol. The molecule has 1 amide bonds. The van der Waals surface area contributed by atoms with Gasteiger partial charge in [0.15, 0.2) is 11.5 Å². The molecule has 0 radical (unpaired) electrons. The Morgan fingerprint density at radius 2 is 2.00 bits per heavy atom. The first kappa shape index (κ1) is 22.2. The Labute approximate surface area is 197 Å². The smallest absolute Gasteiger partial charge is 0.407 e. The van der Waals surface area contributed by atoms with Crippen LogP contribution in [0.15, 0.2) is 48.7 Å². The molecular weight excluding hydrogens is 436 g/mol. The molecule has 2 aliphatic rings. The van der Waals surface area contributed by atoms with Crippen molar-refractivity contribution in [1.82, 2.24) is 15.3 Å². The van der Waals surface area contributed by atoms with Gasteiger partial charge < -0.3 is 30.0 Å². The van der Waals surface area contributed by atoms with Crippen molar-refractivity contribution >= 4 is 22.8 Å². The molecule has 1 unspecified atom stereocenters. The first-order valence-corrected chi connectivity index (χ1v) is 11.5. The molecule has 0 saturated heterocycles. The average molecular weight is 465 g/mol. The second kappa shape index (κ2) is 9.34. The van der Waals surface area contributed by atoms with Crippen LogP contribution in [0.1, 0.15) is 31.2 Å². The lowest BCUT2D eigenvalue weighted by molar-refractivity contribution is -0.0508. The van der Waals surface area contributed by atoms with Crippen molar-refractivity contribution in [2.45, 2.75) is 44.1 Å². The molecule has 1 aliphatic carbocycles. The molecule has 178 valence electrons. The maximum atomic E-state index is 12.2. The van der Waals surface area contributed by atoms with E-state index in [9.17, 15) is 9.90 Å². The molecule has 9 heteroatoms. The Balaban J connectivity index is 1.20. The van der Waals surface area contributed by atoms with E-state index < -0.39 is 11.8 Å². The number of carbonyl (C=O) groups is 1. The van der Waals surface area contributed by atoms with Crippen molar-refractivity contribution in [3.8, 4) is 11.6 Å². The van der Waals surface area contributed by atoms with E-state index >= 15 is 0 Å². The number of benzene rings is 1. The van der Waals surface area contributed by atoms with Crippen LogP contribution in [0.4, 0.5) is 10.5 Å². The van der Waals surface area contributed by atoms with Crippen molar-refractivity contribution < 1.29 is 24.1 Å². The second-order valence-corrected chi connectivity index (χ2v) is 8.81. The summed E-state index contributed by atoms with van der Waals surface area (Å²) < 4.78 is 16.5. The summed E-state index contributed by atoms with van der Waals surface area (Å²) >= 11 is 0. The van der Waals surface area contributed by atoms with Crippen molar-refractivity contribution in [1.29, 1.82) is 0 Å². The molecule has 2 aromatic heterocycles. The lowest BCUT2D eigenvalue weighted by Crippen LogP contribution is -2.54. The summed E-state index contributed by atoms with van der Waals surface area (Å²) in [5, 5.41) is 17.7. The van der Waals surface area contributed by atoms with Gasteiger partial charge in [0.25, 0.3) is 0 Å². The van der Waals surface area contributed by atoms with E-state index in [1.807, 2.05) is 36.4 Å². The number of pyridine rings is 2. The van der Waals surface area contributed by atoms with Crippen LogP contribution in [-0.2, 0) is 11.3 Å². The zero-order valence-electron chi connectivity index (χ0n) is 19.0. The third-order valence-corrected chi connectivity index (χ3v) is 6.59. The van der Waals surface area contributed by atoms with E-state index in [0.29, 0.717) is 28.4 Å². The van der Waals surface area contributed by atoms with Crippen LogP contribution in [0.5, 0.6) is 11.6 Å². The molecule has 9 nitrogen and oxygen atoms in total. The normalized spacial score (nSPS) is 23.8. The Morgan fingerprint density at radius 3 is 2.76 bits per heavy atom. The molecule has 1 atom stereocenters. The number of aromatic nitrogens is 2. The first-order chi connectivity index (χ1) is 16.5. The van der Waals surface area contributed by atoms with Crippen molar-refractivity contribution in [2.75, 3.05) is 19.0 Å². The fourth-order valence-corrected chi connectivity index (χ4v) is 4.68. The Morgan fingerprint density at radius 1 is 1.21 bits per heavy atom. The number of fused-ring (bicyclic) bond motifs is 3. The standard InChI is InChI=1S/C25H28N4O5/c1-32-21-12-11-19-22(28-21)23-20(13-26-19)34-15-25(31,29-23)17-7-9-18(10-8-17)27-24(30)33-14-16-5-3-2-4-6-16/h2-6,11-13,17-18,29,31H,7-10,14-15H2,1H3,(H,27,30). The number of rotatable bonds is 5. The minimum absolute atomic E-state index is 0.0101. The summed E-state index contributed by atoms with van der Waals surface area (Å²) in [6, 6.07) is 13.2. The number of alkyl carbamates (subject to hydrolysis) is 1. The Hall–Kier alpha value is -3.59. The highest BCUT2D eigenvalue weighted by atomic mass is 16.5. The first-order valence-electron chi connectivity index (χ1n) is 11.5. The largest absolute Gasteiger partial charge is 0.485 e. The third kappa shape index (κ3) is 4.56. The van der Waals surface area contributed by atoms with Crippen molar-refractivity contribution in [2.24, 2.45) is 5.92 Å². The van der Waals surface area contributed by atoms with E-state index in [-0.39, 0.29) is 25.2 Å². The molecule has 3 aromatic rings. The summed E-state index contributed by atoms with van der Waals surface area (Å²) in [7, 11) is 1.56. The van der Waals surface area contributed by atoms with E-state index in [1.54, 1.807) is 19.4 Å². The number of aliphatic hydroxyl groups is 1. The van der Waals surface area contributed by atoms with Gasteiger partial charge in [-0.2, -0.15) is 0 Å². The zero-order chi connectivity index (χ0) is 23.5. The molecule has 5 rings (SSSR count). The van der Waals surface area contributed by atoms with Crippen LogP contribution in [0.3, 0.4) is 0 Å². The maximum absolute atomic E-state index is 12.2. The van der Waals surface area contributed by atoms with Crippen LogP contribution in [0.25, 0.3) is 11.0 Å². The SMILES string of the molecule is COc1ccc2ncc3c(c2n1)NC(O)(C1CCC(NC(=O)OCc2ccccc2)CC1)CO3. The summed E-state index contributed by atoms with van der Waals surface area (Å²) in [6.07, 6.45) is 4.16. The molecule has 0 bridgehead atoms. The lowest BCUT2D eigenvalue weighted by Gasteiger charge is -2.43. The van der Waals surface area contributed by atoms with Gasteiger partial charge in [-0.1, -0.05) is 30.3 Å².